The number of nitrogens with zero attached hydrogens (tertiary/aromatic N) is 1. The number of ether oxygens (including phenoxy) is 3. The lowest BCUT2D eigenvalue weighted by Gasteiger charge is -2.12. The van der Waals surface area contributed by atoms with Crippen molar-refractivity contribution in [3.8, 4) is 23.0 Å². The van der Waals surface area contributed by atoms with Gasteiger partial charge in [-0.15, -0.1) is 0 Å². The summed E-state index contributed by atoms with van der Waals surface area (Å²) in [4.78, 5) is 0. The summed E-state index contributed by atoms with van der Waals surface area (Å²) in [7, 11) is 1.99. The number of aromatic hydroxyl groups is 1. The quantitative estimate of drug-likeness (QED) is 0.341. The first-order valence-corrected chi connectivity index (χ1v) is 10.2. The number of halogens is 1. The van der Waals surface area contributed by atoms with Gasteiger partial charge in [-0.2, -0.15) is 4.57 Å². The van der Waals surface area contributed by atoms with Crippen molar-refractivity contribution in [2.24, 2.45) is 7.05 Å². The van der Waals surface area contributed by atoms with Gasteiger partial charge in [0.15, 0.2) is 29.2 Å². The van der Waals surface area contributed by atoms with Gasteiger partial charge in [-0.25, -0.2) is 0 Å². The summed E-state index contributed by atoms with van der Waals surface area (Å²) in [5.74, 6) is 2.15. The van der Waals surface area contributed by atoms with Crippen LogP contribution in [0.25, 0.3) is 32.4 Å². The van der Waals surface area contributed by atoms with Crippen LogP contribution in [-0.4, -0.2) is 11.9 Å². The van der Waals surface area contributed by atoms with Crippen molar-refractivity contribution in [3.05, 3.63) is 78.5 Å². The number of aromatic nitrogens is 1. The standard InChI is InChI=1S/C26H19NO4.ClH/c1-27-13-21-18(9-10-22(26(21)28)29-14-16-5-3-2-4-6-16)19-8-7-17-11-23-24(31-15-30-23)12-20(17)25(19)27;/h2-13H,14-15H2,1H3;1H. The van der Waals surface area contributed by atoms with E-state index in [1.165, 1.54) is 0 Å². The average molecular weight is 446 g/mol. The Morgan fingerprint density at radius 3 is 2.44 bits per heavy atom. The number of hydrogen-bond donors (Lipinski definition) is 1. The van der Waals surface area contributed by atoms with Gasteiger partial charge >= 0.3 is 0 Å². The van der Waals surface area contributed by atoms with Crippen LogP contribution in [0.2, 0.25) is 0 Å². The molecule has 1 aliphatic rings. The molecule has 4 aromatic carbocycles. The zero-order valence-corrected chi connectivity index (χ0v) is 18.1. The first-order chi connectivity index (χ1) is 15.2. The van der Waals surface area contributed by atoms with Gasteiger partial charge in [0.05, 0.1) is 16.2 Å². The van der Waals surface area contributed by atoms with Gasteiger partial charge < -0.3 is 31.7 Å². The molecule has 1 aliphatic heterocycles. The van der Waals surface area contributed by atoms with E-state index in [0.29, 0.717) is 12.4 Å². The molecule has 0 atom stereocenters. The van der Waals surface area contributed by atoms with E-state index in [-0.39, 0.29) is 24.9 Å². The highest BCUT2D eigenvalue weighted by molar-refractivity contribution is 6.15. The predicted molar refractivity (Wildman–Crippen MR) is 119 cm³/mol. The Morgan fingerprint density at radius 1 is 0.875 bits per heavy atom. The Morgan fingerprint density at radius 2 is 1.62 bits per heavy atom. The molecule has 6 rings (SSSR count). The summed E-state index contributed by atoms with van der Waals surface area (Å²) in [6.45, 7) is 0.649. The maximum atomic E-state index is 11.0. The van der Waals surface area contributed by atoms with Crippen molar-refractivity contribution in [2.75, 3.05) is 6.79 Å². The molecule has 1 aromatic heterocycles. The number of hydrogen-bond acceptors (Lipinski definition) is 4. The van der Waals surface area contributed by atoms with Gasteiger partial charge in [-0.1, -0.05) is 36.4 Å². The number of fused-ring (bicyclic) bond motifs is 6. The van der Waals surface area contributed by atoms with E-state index in [0.717, 1.165) is 49.5 Å². The fourth-order valence-corrected chi connectivity index (χ4v) is 4.36. The Bertz CT molecular complexity index is 1480. The minimum atomic E-state index is 0. The zero-order valence-electron chi connectivity index (χ0n) is 17.3. The van der Waals surface area contributed by atoms with E-state index >= 15 is 0 Å². The summed E-state index contributed by atoms with van der Waals surface area (Å²) < 4.78 is 19.1. The van der Waals surface area contributed by atoms with E-state index in [4.69, 9.17) is 14.2 Å². The number of rotatable bonds is 3. The first-order valence-electron chi connectivity index (χ1n) is 10.2. The van der Waals surface area contributed by atoms with Gasteiger partial charge in [0, 0.05) is 5.39 Å². The van der Waals surface area contributed by atoms with Crippen molar-refractivity contribution in [2.45, 2.75) is 6.61 Å². The van der Waals surface area contributed by atoms with Crippen molar-refractivity contribution in [1.82, 2.24) is 0 Å². The third kappa shape index (κ3) is 3.13. The van der Waals surface area contributed by atoms with Crippen LogP contribution in [-0.2, 0) is 13.7 Å². The van der Waals surface area contributed by atoms with Crippen LogP contribution in [0.5, 0.6) is 23.0 Å². The van der Waals surface area contributed by atoms with Crippen LogP contribution in [0.4, 0.5) is 0 Å². The second kappa shape index (κ2) is 7.77. The Hall–Kier alpha value is -3.70. The SMILES string of the molecule is C[n+]1cc2c(O)c(OCc3ccccc3)ccc2c2ccc3cc4c(cc3c21)OCO4.[Cl-]. The molecule has 5 nitrogen and oxygen atoms in total. The molecule has 160 valence electrons. The average Bonchev–Trinajstić information content (AvgIpc) is 3.25. The smallest absolute Gasteiger partial charge is 0.231 e. The largest absolute Gasteiger partial charge is 1.00 e. The summed E-state index contributed by atoms with van der Waals surface area (Å²) in [6, 6.07) is 22.0. The summed E-state index contributed by atoms with van der Waals surface area (Å²) >= 11 is 0. The van der Waals surface area contributed by atoms with Crippen molar-refractivity contribution >= 4 is 32.4 Å². The highest BCUT2D eigenvalue weighted by Crippen LogP contribution is 2.41. The lowest BCUT2D eigenvalue weighted by Crippen LogP contribution is -3.00. The molecule has 6 heteroatoms. The number of phenolic OH excluding ortho intramolecular Hbond substituents is 1. The van der Waals surface area contributed by atoms with Crippen LogP contribution in [0.15, 0.2) is 72.9 Å². The number of pyridine rings is 1. The van der Waals surface area contributed by atoms with Crippen molar-refractivity contribution < 1.29 is 36.3 Å². The third-order valence-electron chi connectivity index (χ3n) is 5.87. The van der Waals surface area contributed by atoms with Crippen molar-refractivity contribution in [3.63, 3.8) is 0 Å². The fourth-order valence-electron chi connectivity index (χ4n) is 4.36. The molecule has 0 fully saturated rings. The van der Waals surface area contributed by atoms with E-state index in [2.05, 4.69) is 12.1 Å². The van der Waals surface area contributed by atoms with Crippen LogP contribution in [0, 0.1) is 0 Å². The van der Waals surface area contributed by atoms with Gasteiger partial charge in [0.1, 0.15) is 13.7 Å². The summed E-state index contributed by atoms with van der Waals surface area (Å²) in [5.41, 5.74) is 2.12. The van der Waals surface area contributed by atoms with E-state index in [9.17, 15) is 5.11 Å². The predicted octanol–water partition coefficient (Wildman–Crippen LogP) is 1.99. The highest BCUT2D eigenvalue weighted by atomic mass is 35.5. The molecular weight excluding hydrogens is 426 g/mol. The van der Waals surface area contributed by atoms with Crippen LogP contribution in [0.3, 0.4) is 0 Å². The van der Waals surface area contributed by atoms with Crippen LogP contribution >= 0.6 is 0 Å². The zero-order chi connectivity index (χ0) is 20.9. The molecule has 0 bridgehead atoms. The molecule has 0 saturated heterocycles. The molecule has 0 saturated carbocycles. The Balaban J connectivity index is 0.00000216. The van der Waals surface area contributed by atoms with Gasteiger partial charge in [-0.3, -0.25) is 0 Å². The van der Waals surface area contributed by atoms with E-state index < -0.39 is 0 Å². The molecule has 5 aromatic rings. The molecule has 32 heavy (non-hydrogen) atoms. The molecular formula is C26H20ClNO4. The molecule has 0 spiro atoms. The van der Waals surface area contributed by atoms with Crippen LogP contribution < -0.4 is 31.2 Å². The monoisotopic (exact) mass is 445 g/mol. The van der Waals surface area contributed by atoms with Crippen LogP contribution in [0.1, 0.15) is 5.56 Å². The topological polar surface area (TPSA) is 51.8 Å². The lowest BCUT2D eigenvalue weighted by atomic mass is 10.00. The first kappa shape index (κ1) is 20.2. The second-order valence-electron chi connectivity index (χ2n) is 7.78. The van der Waals surface area contributed by atoms with E-state index in [1.807, 2.05) is 72.4 Å². The molecule has 0 amide bonds. The van der Waals surface area contributed by atoms with Gasteiger partial charge in [0.2, 0.25) is 12.3 Å². The van der Waals surface area contributed by atoms with E-state index in [1.54, 1.807) is 0 Å². The second-order valence-corrected chi connectivity index (χ2v) is 7.78. The third-order valence-corrected chi connectivity index (χ3v) is 5.87. The van der Waals surface area contributed by atoms with Gasteiger partial charge in [0.25, 0.3) is 0 Å². The fraction of sp³-hybridized carbons (Fsp3) is 0.115. The highest BCUT2D eigenvalue weighted by Gasteiger charge is 2.21. The Kier molecular flexibility index (Phi) is 4.91. The Labute approximate surface area is 190 Å². The van der Waals surface area contributed by atoms with Crippen molar-refractivity contribution in [1.29, 1.82) is 0 Å². The number of phenols is 1. The molecule has 2 heterocycles. The normalized spacial score (nSPS) is 12.3. The number of aryl methyl sites for hydroxylation is 1. The lowest BCUT2D eigenvalue weighted by molar-refractivity contribution is -0.642. The molecule has 1 N–H and O–H groups in total. The summed E-state index contributed by atoms with van der Waals surface area (Å²) in [6.07, 6.45) is 1.95. The molecule has 0 unspecified atom stereocenters. The maximum Gasteiger partial charge on any atom is 0.231 e. The number of benzene rings is 4. The van der Waals surface area contributed by atoms with Gasteiger partial charge in [-0.05, 0) is 41.3 Å². The molecule has 0 aliphatic carbocycles. The molecule has 0 radical (unpaired) electrons. The minimum Gasteiger partial charge on any atom is -1.00 e. The summed E-state index contributed by atoms with van der Waals surface area (Å²) in [5, 5.41) is 15.9. The minimum absolute atomic E-state index is 0. The maximum absolute atomic E-state index is 11.0.